The summed E-state index contributed by atoms with van der Waals surface area (Å²) in [7, 11) is 0. The van der Waals surface area contributed by atoms with Crippen LogP contribution in [0.2, 0.25) is 0 Å². The zero-order chi connectivity index (χ0) is 20.2. The molecule has 0 aliphatic heterocycles. The second-order valence-electron chi connectivity index (χ2n) is 7.43. The summed E-state index contributed by atoms with van der Waals surface area (Å²) in [6.07, 6.45) is 19.8. The van der Waals surface area contributed by atoms with Crippen LogP contribution in [-0.2, 0) is 0 Å². The van der Waals surface area contributed by atoms with E-state index < -0.39 is 0 Å². The molecule has 3 heteroatoms. The summed E-state index contributed by atoms with van der Waals surface area (Å²) in [4.78, 5) is 2.35. The van der Waals surface area contributed by atoms with Crippen molar-refractivity contribution < 1.29 is 4.74 Å². The third-order valence-corrected chi connectivity index (χ3v) is 5.39. The fourth-order valence-corrected chi connectivity index (χ4v) is 3.67. The van der Waals surface area contributed by atoms with Crippen LogP contribution in [0.5, 0.6) is 5.75 Å². The number of hydrogen-bond acceptors (Lipinski definition) is 3. The maximum absolute atomic E-state index is 5.94. The summed E-state index contributed by atoms with van der Waals surface area (Å²) in [6, 6.07) is 8.47. The number of rotatable bonds is 14. The van der Waals surface area contributed by atoms with Crippen LogP contribution in [0.3, 0.4) is 0 Å². The first kappa shape index (κ1) is 21.4. The summed E-state index contributed by atoms with van der Waals surface area (Å²) in [5.41, 5.74) is 10.2. The molecule has 0 aromatic heterocycles. The van der Waals surface area contributed by atoms with Gasteiger partial charge in [-0.3, -0.25) is 0 Å². The average molecular weight is 406 g/mol. The lowest BCUT2D eigenvalue weighted by molar-refractivity contribution is 0.304. The Hall–Kier alpha value is -2.31. The maximum Gasteiger partial charge on any atom is 0.119 e. The van der Waals surface area contributed by atoms with E-state index in [1.54, 1.807) is 0 Å². The highest BCUT2D eigenvalue weighted by atomic mass is 32.1. The SMILES string of the molecule is SCCCCCCCCOc1ccc(N(CC2=C=CC=C2)CC2=C=CC=C2)cc1. The molecule has 0 spiro atoms. The third kappa shape index (κ3) is 7.55. The van der Waals surface area contributed by atoms with Crippen molar-refractivity contribution in [2.75, 3.05) is 30.3 Å². The minimum absolute atomic E-state index is 0.792. The Morgan fingerprint density at radius 1 is 0.759 bits per heavy atom. The number of benzene rings is 1. The van der Waals surface area contributed by atoms with Crippen LogP contribution in [0.1, 0.15) is 38.5 Å². The minimum Gasteiger partial charge on any atom is -0.494 e. The van der Waals surface area contributed by atoms with E-state index in [0.29, 0.717) is 0 Å². The normalized spacial score (nSPS) is 13.8. The van der Waals surface area contributed by atoms with Gasteiger partial charge in [0.15, 0.2) is 0 Å². The largest absolute Gasteiger partial charge is 0.494 e. The van der Waals surface area contributed by atoms with Gasteiger partial charge < -0.3 is 9.64 Å². The molecule has 0 saturated heterocycles. The van der Waals surface area contributed by atoms with Gasteiger partial charge in [0.1, 0.15) is 5.75 Å². The molecule has 0 radical (unpaired) electrons. The second kappa shape index (κ2) is 12.3. The molecule has 1 aromatic carbocycles. The zero-order valence-corrected chi connectivity index (χ0v) is 18.0. The molecule has 152 valence electrons. The van der Waals surface area contributed by atoms with E-state index in [1.807, 2.05) is 24.3 Å². The van der Waals surface area contributed by atoms with Crippen molar-refractivity contribution in [3.63, 3.8) is 0 Å². The summed E-state index contributed by atoms with van der Waals surface area (Å²) >= 11 is 4.26. The molecule has 0 atom stereocenters. The molecule has 1 aromatic rings. The average Bonchev–Trinajstić information content (AvgIpc) is 3.44. The van der Waals surface area contributed by atoms with Gasteiger partial charge >= 0.3 is 0 Å². The van der Waals surface area contributed by atoms with Crippen LogP contribution in [0.15, 0.2) is 83.3 Å². The summed E-state index contributed by atoms with van der Waals surface area (Å²) in [6.45, 7) is 2.46. The van der Waals surface area contributed by atoms with Crippen LogP contribution in [0, 0.1) is 0 Å². The topological polar surface area (TPSA) is 12.5 Å². The minimum atomic E-state index is 0.792. The van der Waals surface area contributed by atoms with Crippen molar-refractivity contribution in [1.82, 2.24) is 0 Å². The lowest BCUT2D eigenvalue weighted by atomic mass is 10.1. The van der Waals surface area contributed by atoms with Gasteiger partial charge in [0, 0.05) is 16.8 Å². The number of allylic oxidation sites excluding steroid dienone is 2. The van der Waals surface area contributed by atoms with Crippen molar-refractivity contribution in [2.45, 2.75) is 38.5 Å². The van der Waals surface area contributed by atoms with Crippen LogP contribution in [-0.4, -0.2) is 25.4 Å². The van der Waals surface area contributed by atoms with Gasteiger partial charge in [0.2, 0.25) is 0 Å². The first-order valence-corrected chi connectivity index (χ1v) is 11.3. The van der Waals surface area contributed by atoms with Crippen molar-refractivity contribution in [3.05, 3.63) is 83.3 Å². The quantitative estimate of drug-likeness (QED) is 0.217. The monoisotopic (exact) mass is 405 g/mol. The van der Waals surface area contributed by atoms with E-state index in [-0.39, 0.29) is 0 Å². The molecular formula is C26H31NOS. The van der Waals surface area contributed by atoms with E-state index in [0.717, 1.165) is 37.6 Å². The van der Waals surface area contributed by atoms with E-state index in [2.05, 4.69) is 65.4 Å². The second-order valence-corrected chi connectivity index (χ2v) is 7.88. The first-order chi connectivity index (χ1) is 14.3. The first-order valence-electron chi connectivity index (χ1n) is 10.7. The molecule has 0 unspecified atom stereocenters. The number of nitrogens with zero attached hydrogens (tertiary/aromatic N) is 1. The van der Waals surface area contributed by atoms with Gasteiger partial charge in [-0.25, -0.2) is 0 Å². The van der Waals surface area contributed by atoms with Crippen molar-refractivity contribution >= 4 is 18.3 Å². The molecule has 0 amide bonds. The zero-order valence-electron chi connectivity index (χ0n) is 17.1. The van der Waals surface area contributed by atoms with Crippen molar-refractivity contribution in [2.24, 2.45) is 0 Å². The molecule has 2 nitrogen and oxygen atoms in total. The Balaban J connectivity index is 1.48. The maximum atomic E-state index is 5.94. The third-order valence-electron chi connectivity index (χ3n) is 5.07. The Morgan fingerprint density at radius 3 is 1.90 bits per heavy atom. The van der Waals surface area contributed by atoms with Gasteiger partial charge in [-0.2, -0.15) is 12.6 Å². The number of anilines is 1. The van der Waals surface area contributed by atoms with Crippen LogP contribution < -0.4 is 9.64 Å². The molecule has 3 rings (SSSR count). The predicted molar refractivity (Wildman–Crippen MR) is 127 cm³/mol. The van der Waals surface area contributed by atoms with Gasteiger partial charge in [0.25, 0.3) is 0 Å². The molecule has 0 bridgehead atoms. The Labute approximate surface area is 181 Å². The number of hydrogen-bond donors (Lipinski definition) is 1. The molecular weight excluding hydrogens is 374 g/mol. The lowest BCUT2D eigenvalue weighted by Gasteiger charge is -2.25. The number of ether oxygens (including phenoxy) is 1. The molecule has 29 heavy (non-hydrogen) atoms. The smallest absolute Gasteiger partial charge is 0.119 e. The van der Waals surface area contributed by atoms with E-state index in [1.165, 1.54) is 48.9 Å². The fourth-order valence-electron chi connectivity index (χ4n) is 3.45. The Bertz CT molecular complexity index is 794. The number of thiol groups is 1. The number of unbranched alkanes of at least 4 members (excludes halogenated alkanes) is 5. The molecule has 0 heterocycles. The highest BCUT2D eigenvalue weighted by molar-refractivity contribution is 7.80. The van der Waals surface area contributed by atoms with Gasteiger partial charge in [-0.05, 0) is 67.2 Å². The fraction of sp³-hybridized carbons (Fsp3) is 0.385. The summed E-state index contributed by atoms with van der Waals surface area (Å²) < 4.78 is 5.94. The highest BCUT2D eigenvalue weighted by Crippen LogP contribution is 2.23. The van der Waals surface area contributed by atoms with Crippen LogP contribution in [0.25, 0.3) is 0 Å². The van der Waals surface area contributed by atoms with Gasteiger partial charge in [-0.15, -0.1) is 11.5 Å². The van der Waals surface area contributed by atoms with Crippen molar-refractivity contribution in [1.29, 1.82) is 0 Å². The summed E-state index contributed by atoms with van der Waals surface area (Å²) in [5, 5.41) is 0. The predicted octanol–water partition coefficient (Wildman–Crippen LogP) is 6.44. The molecule has 2 aliphatic carbocycles. The Kier molecular flexibility index (Phi) is 9.07. The van der Waals surface area contributed by atoms with E-state index >= 15 is 0 Å². The van der Waals surface area contributed by atoms with Gasteiger partial charge in [0.05, 0.1) is 19.7 Å². The van der Waals surface area contributed by atoms with Crippen molar-refractivity contribution in [3.8, 4) is 5.75 Å². The van der Waals surface area contributed by atoms with E-state index in [9.17, 15) is 0 Å². The Morgan fingerprint density at radius 2 is 1.34 bits per heavy atom. The highest BCUT2D eigenvalue weighted by Gasteiger charge is 2.11. The lowest BCUT2D eigenvalue weighted by Crippen LogP contribution is -2.26. The summed E-state index contributed by atoms with van der Waals surface area (Å²) in [5.74, 6) is 1.95. The molecule has 2 aliphatic rings. The van der Waals surface area contributed by atoms with Crippen LogP contribution >= 0.6 is 12.6 Å². The standard InChI is InChI=1S/C26H31NOS/c29-20-10-4-2-1-3-9-19-28-26-17-15-25(16-18-26)27(21-23-11-5-6-12-23)22-24-13-7-8-14-24/h5-8,11,13,15-18,29H,1-4,9-10,19-22H2. The van der Waals surface area contributed by atoms with Crippen LogP contribution in [0.4, 0.5) is 5.69 Å². The molecule has 0 saturated carbocycles. The van der Waals surface area contributed by atoms with E-state index in [4.69, 9.17) is 4.74 Å². The molecule has 0 fully saturated rings. The molecule has 0 N–H and O–H groups in total. The van der Waals surface area contributed by atoms with Gasteiger partial charge in [-0.1, -0.05) is 37.8 Å².